The maximum Gasteiger partial charge on any atom is 0.404 e. The largest absolute Gasteiger partial charge is 0.404 e. The average molecular weight is 273 g/mol. The Bertz CT molecular complexity index is 383. The van der Waals surface area contributed by atoms with Gasteiger partial charge in [-0.3, -0.25) is 4.79 Å². The molecule has 100 valence electrons. The van der Waals surface area contributed by atoms with Crippen molar-refractivity contribution < 1.29 is 26.4 Å². The fourth-order valence-corrected chi connectivity index (χ4v) is 3.20. The minimum Gasteiger partial charge on any atom is -0.300 e. The second-order valence-corrected chi connectivity index (χ2v) is 6.12. The third-order valence-electron chi connectivity index (χ3n) is 2.77. The van der Waals surface area contributed by atoms with Crippen LogP contribution < -0.4 is 0 Å². The summed E-state index contributed by atoms with van der Waals surface area (Å²) in [5.74, 6) is -2.10. The summed E-state index contributed by atoms with van der Waals surface area (Å²) in [6, 6.07) is 0. The standard InChI is InChI=1S/C9H14F3NO3S/c1-7(14)8-2-4-13(5-3-8)17(15,16)6-9(10,11)12/h8H,2-6H2,1H3. The molecule has 0 spiro atoms. The maximum absolute atomic E-state index is 12.1. The summed E-state index contributed by atoms with van der Waals surface area (Å²) in [7, 11) is -4.29. The molecule has 1 aliphatic heterocycles. The van der Waals surface area contributed by atoms with Crippen LogP contribution >= 0.6 is 0 Å². The molecule has 1 rings (SSSR count). The van der Waals surface area contributed by atoms with Crippen molar-refractivity contribution in [2.24, 2.45) is 5.92 Å². The van der Waals surface area contributed by atoms with E-state index in [0.29, 0.717) is 12.8 Å². The van der Waals surface area contributed by atoms with Gasteiger partial charge in [0.1, 0.15) is 5.78 Å². The predicted molar refractivity (Wildman–Crippen MR) is 54.8 cm³/mol. The number of sulfonamides is 1. The van der Waals surface area contributed by atoms with Gasteiger partial charge in [-0.15, -0.1) is 0 Å². The molecule has 8 heteroatoms. The molecule has 0 bridgehead atoms. The third kappa shape index (κ3) is 4.27. The van der Waals surface area contributed by atoms with E-state index in [1.165, 1.54) is 6.92 Å². The summed E-state index contributed by atoms with van der Waals surface area (Å²) in [5, 5.41) is 0. The van der Waals surface area contributed by atoms with Gasteiger partial charge >= 0.3 is 6.18 Å². The smallest absolute Gasteiger partial charge is 0.300 e. The zero-order valence-electron chi connectivity index (χ0n) is 9.33. The Labute approximate surface area is 97.8 Å². The molecular formula is C9H14F3NO3S. The summed E-state index contributed by atoms with van der Waals surface area (Å²) < 4.78 is 59.8. The number of ketones is 1. The van der Waals surface area contributed by atoms with Crippen LogP contribution in [-0.2, 0) is 14.8 Å². The molecule has 0 radical (unpaired) electrons. The quantitative estimate of drug-likeness (QED) is 0.776. The van der Waals surface area contributed by atoms with Gasteiger partial charge in [0.05, 0.1) is 0 Å². The molecular weight excluding hydrogens is 259 g/mol. The van der Waals surface area contributed by atoms with E-state index in [1.807, 2.05) is 0 Å². The van der Waals surface area contributed by atoms with Gasteiger partial charge in [0.2, 0.25) is 10.0 Å². The topological polar surface area (TPSA) is 54.5 Å². The number of Topliss-reactive ketones (excluding diaryl/α,β-unsaturated/α-hetero) is 1. The van der Waals surface area contributed by atoms with Gasteiger partial charge in [-0.05, 0) is 19.8 Å². The van der Waals surface area contributed by atoms with E-state index in [9.17, 15) is 26.4 Å². The Morgan fingerprint density at radius 3 is 2.12 bits per heavy atom. The number of halogens is 3. The van der Waals surface area contributed by atoms with E-state index >= 15 is 0 Å². The van der Waals surface area contributed by atoms with E-state index < -0.39 is 22.0 Å². The average Bonchev–Trinajstić information content (AvgIpc) is 2.14. The Morgan fingerprint density at radius 1 is 1.29 bits per heavy atom. The van der Waals surface area contributed by atoms with Crippen molar-refractivity contribution in [2.75, 3.05) is 18.8 Å². The third-order valence-corrected chi connectivity index (χ3v) is 4.61. The van der Waals surface area contributed by atoms with E-state index in [0.717, 1.165) is 4.31 Å². The van der Waals surface area contributed by atoms with Crippen LogP contribution in [0, 0.1) is 5.92 Å². The van der Waals surface area contributed by atoms with E-state index in [2.05, 4.69) is 0 Å². The summed E-state index contributed by atoms with van der Waals surface area (Å²) >= 11 is 0. The highest BCUT2D eigenvalue weighted by Crippen LogP contribution is 2.24. The van der Waals surface area contributed by atoms with Gasteiger partial charge in [0.15, 0.2) is 5.75 Å². The molecule has 0 aromatic heterocycles. The zero-order valence-corrected chi connectivity index (χ0v) is 10.1. The van der Waals surface area contributed by atoms with Crippen molar-refractivity contribution in [3.63, 3.8) is 0 Å². The van der Waals surface area contributed by atoms with Crippen molar-refractivity contribution in [1.29, 1.82) is 0 Å². The van der Waals surface area contributed by atoms with Crippen LogP contribution in [0.25, 0.3) is 0 Å². The molecule has 0 aromatic rings. The number of piperidine rings is 1. The SMILES string of the molecule is CC(=O)C1CCN(S(=O)(=O)CC(F)(F)F)CC1. The molecule has 1 saturated heterocycles. The van der Waals surface area contributed by atoms with Crippen molar-refractivity contribution in [3.05, 3.63) is 0 Å². The lowest BCUT2D eigenvalue weighted by Gasteiger charge is -2.30. The van der Waals surface area contributed by atoms with E-state index in [4.69, 9.17) is 0 Å². The van der Waals surface area contributed by atoms with E-state index in [1.54, 1.807) is 0 Å². The lowest BCUT2D eigenvalue weighted by Crippen LogP contribution is -2.43. The number of nitrogens with zero attached hydrogens (tertiary/aromatic N) is 1. The van der Waals surface area contributed by atoms with Crippen molar-refractivity contribution in [3.8, 4) is 0 Å². The second-order valence-electron chi connectivity index (χ2n) is 4.16. The molecule has 1 heterocycles. The molecule has 17 heavy (non-hydrogen) atoms. The van der Waals surface area contributed by atoms with Crippen LogP contribution in [0.3, 0.4) is 0 Å². The van der Waals surface area contributed by atoms with Crippen LogP contribution in [0.4, 0.5) is 13.2 Å². The van der Waals surface area contributed by atoms with Crippen LogP contribution in [-0.4, -0.2) is 43.5 Å². The zero-order chi connectivity index (χ0) is 13.3. The first-order chi connectivity index (χ1) is 7.62. The van der Waals surface area contributed by atoms with Gasteiger partial charge < -0.3 is 0 Å². The van der Waals surface area contributed by atoms with E-state index in [-0.39, 0.29) is 24.8 Å². The number of carbonyl (C=O) groups excluding carboxylic acids is 1. The summed E-state index contributed by atoms with van der Waals surface area (Å²) in [6.07, 6.45) is -4.13. The van der Waals surface area contributed by atoms with Crippen LogP contribution in [0.5, 0.6) is 0 Å². The summed E-state index contributed by atoms with van der Waals surface area (Å²) in [6.45, 7) is 1.38. The minimum absolute atomic E-state index is 0.0112. The van der Waals surface area contributed by atoms with Crippen LogP contribution in [0.15, 0.2) is 0 Å². The highest BCUT2D eigenvalue weighted by molar-refractivity contribution is 7.89. The van der Waals surface area contributed by atoms with Crippen LogP contribution in [0.2, 0.25) is 0 Å². The molecule has 0 N–H and O–H groups in total. The number of hydrogen-bond acceptors (Lipinski definition) is 3. The molecule has 1 aliphatic rings. The van der Waals surface area contributed by atoms with Gasteiger partial charge in [-0.2, -0.15) is 13.2 Å². The summed E-state index contributed by atoms with van der Waals surface area (Å²) in [5.41, 5.74) is 0. The number of alkyl halides is 3. The fraction of sp³-hybridized carbons (Fsp3) is 0.889. The number of hydrogen-bond donors (Lipinski definition) is 0. The normalized spacial score (nSPS) is 20.5. The van der Waals surface area contributed by atoms with Gasteiger partial charge in [-0.1, -0.05) is 0 Å². The minimum atomic E-state index is -4.73. The maximum atomic E-state index is 12.1. The molecule has 0 amide bonds. The molecule has 0 aliphatic carbocycles. The van der Waals surface area contributed by atoms with Crippen molar-refractivity contribution in [1.82, 2.24) is 4.31 Å². The molecule has 0 atom stereocenters. The monoisotopic (exact) mass is 273 g/mol. The Balaban J connectivity index is 2.62. The highest BCUT2D eigenvalue weighted by atomic mass is 32.2. The Morgan fingerprint density at radius 2 is 1.76 bits per heavy atom. The first kappa shape index (κ1) is 14.4. The van der Waals surface area contributed by atoms with Crippen molar-refractivity contribution >= 4 is 15.8 Å². The first-order valence-electron chi connectivity index (χ1n) is 5.17. The molecule has 0 aromatic carbocycles. The Kier molecular flexibility index (Phi) is 4.19. The van der Waals surface area contributed by atoms with Crippen molar-refractivity contribution in [2.45, 2.75) is 25.9 Å². The lowest BCUT2D eigenvalue weighted by molar-refractivity contribution is -0.122. The molecule has 1 fully saturated rings. The Hall–Kier alpha value is -0.630. The van der Waals surface area contributed by atoms with Crippen LogP contribution in [0.1, 0.15) is 19.8 Å². The first-order valence-corrected chi connectivity index (χ1v) is 6.78. The molecule has 4 nitrogen and oxygen atoms in total. The number of rotatable bonds is 3. The van der Waals surface area contributed by atoms with Gasteiger partial charge in [0.25, 0.3) is 0 Å². The summed E-state index contributed by atoms with van der Waals surface area (Å²) in [4.78, 5) is 11.0. The van der Waals surface area contributed by atoms with Gasteiger partial charge in [-0.25, -0.2) is 12.7 Å². The fourth-order valence-electron chi connectivity index (χ4n) is 1.84. The second kappa shape index (κ2) is 4.93. The molecule has 0 saturated carbocycles. The number of carbonyl (C=O) groups is 1. The predicted octanol–water partition coefficient (Wildman–Crippen LogP) is 1.18. The van der Waals surface area contributed by atoms with Gasteiger partial charge in [0, 0.05) is 19.0 Å². The highest BCUT2D eigenvalue weighted by Gasteiger charge is 2.39. The molecule has 0 unspecified atom stereocenters. The lowest BCUT2D eigenvalue weighted by atomic mass is 9.95.